The second-order valence-corrected chi connectivity index (χ2v) is 4.28. The molecule has 0 bridgehead atoms. The van der Waals surface area contributed by atoms with Gasteiger partial charge in [0.05, 0.1) is 22.5 Å². The lowest BCUT2D eigenvalue weighted by Crippen LogP contribution is -2.12. The number of pyridine rings is 1. The van der Waals surface area contributed by atoms with Crippen LogP contribution >= 0.6 is 11.6 Å². The number of hydrogen-bond acceptors (Lipinski definition) is 2. The maximum absolute atomic E-state index is 12.0. The monoisotopic (exact) mass is 260 g/mol. The largest absolute Gasteiger partial charge is 0.321 e. The third kappa shape index (κ3) is 2.87. The van der Waals surface area contributed by atoms with Crippen LogP contribution in [0.1, 0.15) is 22.8 Å². The molecule has 0 unspecified atom stereocenters. The second kappa shape index (κ2) is 5.65. The first-order valence-corrected chi connectivity index (χ1v) is 6.08. The number of anilines is 1. The molecular formula is C14H13ClN2O. The highest BCUT2D eigenvalue weighted by Crippen LogP contribution is 2.17. The lowest BCUT2D eigenvalue weighted by molar-refractivity contribution is 0.102. The minimum Gasteiger partial charge on any atom is -0.321 e. The van der Waals surface area contributed by atoms with E-state index >= 15 is 0 Å². The summed E-state index contributed by atoms with van der Waals surface area (Å²) >= 11 is 5.97. The van der Waals surface area contributed by atoms with Crippen LogP contribution in [0, 0.1) is 0 Å². The van der Waals surface area contributed by atoms with Gasteiger partial charge >= 0.3 is 0 Å². The van der Waals surface area contributed by atoms with Gasteiger partial charge in [-0.2, -0.15) is 0 Å². The van der Waals surface area contributed by atoms with Crippen molar-refractivity contribution in [3.63, 3.8) is 0 Å². The SMILES string of the molecule is CCc1cncc(NC(=O)c2ccccc2Cl)c1. The average molecular weight is 261 g/mol. The Hall–Kier alpha value is -1.87. The van der Waals surface area contributed by atoms with E-state index in [1.54, 1.807) is 36.7 Å². The zero-order valence-corrected chi connectivity index (χ0v) is 10.7. The number of nitrogens with zero attached hydrogens (tertiary/aromatic N) is 1. The lowest BCUT2D eigenvalue weighted by atomic mass is 10.2. The number of amides is 1. The molecule has 1 N–H and O–H groups in total. The van der Waals surface area contributed by atoms with Crippen LogP contribution in [0.4, 0.5) is 5.69 Å². The Morgan fingerprint density at radius 2 is 2.11 bits per heavy atom. The summed E-state index contributed by atoms with van der Waals surface area (Å²) in [6, 6.07) is 8.85. The number of rotatable bonds is 3. The Labute approximate surface area is 111 Å². The Morgan fingerprint density at radius 3 is 2.83 bits per heavy atom. The maximum Gasteiger partial charge on any atom is 0.257 e. The van der Waals surface area contributed by atoms with Gasteiger partial charge in [-0.25, -0.2) is 0 Å². The maximum atomic E-state index is 12.0. The van der Waals surface area contributed by atoms with Crippen molar-refractivity contribution in [1.82, 2.24) is 4.98 Å². The van der Waals surface area contributed by atoms with Crippen molar-refractivity contribution < 1.29 is 4.79 Å². The highest BCUT2D eigenvalue weighted by Gasteiger charge is 2.09. The van der Waals surface area contributed by atoms with Gasteiger partial charge in [0.15, 0.2) is 0 Å². The molecule has 92 valence electrons. The van der Waals surface area contributed by atoms with Gasteiger partial charge in [0.25, 0.3) is 5.91 Å². The molecule has 0 aliphatic heterocycles. The van der Waals surface area contributed by atoms with E-state index in [1.807, 2.05) is 13.0 Å². The van der Waals surface area contributed by atoms with Gasteiger partial charge in [-0.05, 0) is 30.2 Å². The number of hydrogen-bond donors (Lipinski definition) is 1. The van der Waals surface area contributed by atoms with Crippen molar-refractivity contribution in [2.45, 2.75) is 13.3 Å². The van der Waals surface area contributed by atoms with Crippen LogP contribution in [0.3, 0.4) is 0 Å². The summed E-state index contributed by atoms with van der Waals surface area (Å²) in [5, 5.41) is 3.23. The number of benzene rings is 1. The smallest absolute Gasteiger partial charge is 0.257 e. The number of carbonyl (C=O) groups excluding carboxylic acids is 1. The van der Waals surface area contributed by atoms with Gasteiger partial charge in [-0.3, -0.25) is 9.78 Å². The molecule has 0 atom stereocenters. The minimum atomic E-state index is -0.226. The van der Waals surface area contributed by atoms with E-state index in [2.05, 4.69) is 10.3 Å². The first-order chi connectivity index (χ1) is 8.70. The average Bonchev–Trinajstić information content (AvgIpc) is 2.39. The molecule has 18 heavy (non-hydrogen) atoms. The van der Waals surface area contributed by atoms with Gasteiger partial charge in [-0.15, -0.1) is 0 Å². The third-order valence-electron chi connectivity index (χ3n) is 2.58. The molecule has 2 aromatic rings. The van der Waals surface area contributed by atoms with E-state index in [0.29, 0.717) is 16.3 Å². The van der Waals surface area contributed by atoms with Gasteiger partial charge in [-0.1, -0.05) is 30.7 Å². The lowest BCUT2D eigenvalue weighted by Gasteiger charge is -2.07. The molecule has 0 saturated carbocycles. The predicted molar refractivity (Wildman–Crippen MR) is 73.0 cm³/mol. The van der Waals surface area contributed by atoms with Gasteiger partial charge in [0.1, 0.15) is 0 Å². The van der Waals surface area contributed by atoms with Crippen molar-refractivity contribution in [2.75, 3.05) is 5.32 Å². The number of halogens is 1. The summed E-state index contributed by atoms with van der Waals surface area (Å²) < 4.78 is 0. The molecule has 0 radical (unpaired) electrons. The van der Waals surface area contributed by atoms with Gasteiger partial charge < -0.3 is 5.32 Å². The number of carbonyl (C=O) groups is 1. The first-order valence-electron chi connectivity index (χ1n) is 5.70. The fourth-order valence-electron chi connectivity index (χ4n) is 1.59. The summed E-state index contributed by atoms with van der Waals surface area (Å²) in [5.41, 5.74) is 2.22. The molecule has 4 heteroatoms. The van der Waals surface area contributed by atoms with E-state index < -0.39 is 0 Å². The molecule has 1 amide bonds. The predicted octanol–water partition coefficient (Wildman–Crippen LogP) is 3.55. The summed E-state index contributed by atoms with van der Waals surface area (Å²) in [5.74, 6) is -0.226. The zero-order valence-electron chi connectivity index (χ0n) is 9.98. The molecular weight excluding hydrogens is 248 g/mol. The fourth-order valence-corrected chi connectivity index (χ4v) is 1.81. The molecule has 0 spiro atoms. The van der Waals surface area contributed by atoms with Crippen LogP contribution in [0.15, 0.2) is 42.7 Å². The molecule has 2 rings (SSSR count). The number of nitrogens with one attached hydrogen (secondary N) is 1. The van der Waals surface area contributed by atoms with Crippen LogP contribution in [0.2, 0.25) is 5.02 Å². The molecule has 0 saturated heterocycles. The van der Waals surface area contributed by atoms with Crippen molar-refractivity contribution in [3.05, 3.63) is 58.9 Å². The van der Waals surface area contributed by atoms with Crippen molar-refractivity contribution >= 4 is 23.2 Å². The van der Waals surface area contributed by atoms with E-state index in [9.17, 15) is 4.79 Å². The van der Waals surface area contributed by atoms with E-state index in [-0.39, 0.29) is 5.91 Å². The summed E-state index contributed by atoms with van der Waals surface area (Å²) in [6.45, 7) is 2.04. The topological polar surface area (TPSA) is 42.0 Å². The van der Waals surface area contributed by atoms with E-state index in [0.717, 1.165) is 12.0 Å². The normalized spacial score (nSPS) is 10.1. The molecule has 0 aliphatic rings. The Bertz CT molecular complexity index is 569. The summed E-state index contributed by atoms with van der Waals surface area (Å²) in [6.07, 6.45) is 4.28. The van der Waals surface area contributed by atoms with Crippen molar-refractivity contribution in [3.8, 4) is 0 Å². The van der Waals surface area contributed by atoms with Crippen LogP contribution in [0.5, 0.6) is 0 Å². The molecule has 3 nitrogen and oxygen atoms in total. The number of aryl methyl sites for hydroxylation is 1. The Kier molecular flexibility index (Phi) is 3.95. The Morgan fingerprint density at radius 1 is 1.33 bits per heavy atom. The van der Waals surface area contributed by atoms with Gasteiger partial charge in [0.2, 0.25) is 0 Å². The summed E-state index contributed by atoms with van der Waals surface area (Å²) in [4.78, 5) is 16.1. The first kappa shape index (κ1) is 12.6. The standard InChI is InChI=1S/C14H13ClN2O/c1-2-10-7-11(9-16-8-10)17-14(18)12-5-3-4-6-13(12)15/h3-9H,2H2,1H3,(H,17,18). The molecule has 1 aromatic heterocycles. The number of aromatic nitrogens is 1. The van der Waals surface area contributed by atoms with E-state index in [4.69, 9.17) is 11.6 Å². The van der Waals surface area contributed by atoms with Crippen LogP contribution in [0.25, 0.3) is 0 Å². The zero-order chi connectivity index (χ0) is 13.0. The van der Waals surface area contributed by atoms with Crippen LogP contribution in [-0.2, 0) is 6.42 Å². The fraction of sp³-hybridized carbons (Fsp3) is 0.143. The van der Waals surface area contributed by atoms with Crippen LogP contribution in [-0.4, -0.2) is 10.9 Å². The quantitative estimate of drug-likeness (QED) is 0.917. The Balaban J connectivity index is 2.19. The molecule has 1 heterocycles. The molecule has 0 fully saturated rings. The molecule has 0 aliphatic carbocycles. The highest BCUT2D eigenvalue weighted by atomic mass is 35.5. The highest BCUT2D eigenvalue weighted by molar-refractivity contribution is 6.34. The van der Waals surface area contributed by atoms with Crippen molar-refractivity contribution in [2.24, 2.45) is 0 Å². The molecule has 1 aromatic carbocycles. The van der Waals surface area contributed by atoms with Crippen molar-refractivity contribution in [1.29, 1.82) is 0 Å². The third-order valence-corrected chi connectivity index (χ3v) is 2.91. The summed E-state index contributed by atoms with van der Waals surface area (Å²) in [7, 11) is 0. The van der Waals surface area contributed by atoms with Crippen LogP contribution < -0.4 is 5.32 Å². The van der Waals surface area contributed by atoms with Gasteiger partial charge in [0, 0.05) is 6.20 Å². The second-order valence-electron chi connectivity index (χ2n) is 3.87. The minimum absolute atomic E-state index is 0.226. The van der Waals surface area contributed by atoms with E-state index in [1.165, 1.54) is 0 Å².